The van der Waals surface area contributed by atoms with E-state index in [4.69, 9.17) is 0 Å². The van der Waals surface area contributed by atoms with Crippen molar-refractivity contribution in [1.29, 1.82) is 0 Å². The number of hydrogen-bond acceptors (Lipinski definition) is 3. The molecule has 0 aromatic heterocycles. The Kier molecular flexibility index (Phi) is 5.22. The summed E-state index contributed by atoms with van der Waals surface area (Å²) in [6, 6.07) is 0.604. The molecule has 4 nitrogen and oxygen atoms in total. The highest BCUT2D eigenvalue weighted by Crippen LogP contribution is 2.26. The van der Waals surface area contributed by atoms with Gasteiger partial charge in [-0.2, -0.15) is 0 Å². The number of amides is 1. The van der Waals surface area contributed by atoms with Crippen LogP contribution in [0.5, 0.6) is 0 Å². The first-order valence-electron chi connectivity index (χ1n) is 7.72. The molecule has 19 heavy (non-hydrogen) atoms. The molecule has 2 fully saturated rings. The monoisotopic (exact) mass is 268 g/mol. The largest absolute Gasteiger partial charge is 0.390 e. The molecule has 1 aliphatic heterocycles. The van der Waals surface area contributed by atoms with Crippen molar-refractivity contribution in [2.24, 2.45) is 5.92 Å². The molecule has 1 saturated carbocycles. The second-order valence-electron chi connectivity index (χ2n) is 6.46. The van der Waals surface area contributed by atoms with Crippen molar-refractivity contribution in [2.75, 3.05) is 26.7 Å². The lowest BCUT2D eigenvalue weighted by Crippen LogP contribution is -2.44. The summed E-state index contributed by atoms with van der Waals surface area (Å²) in [5, 5.41) is 10.2. The van der Waals surface area contributed by atoms with Crippen molar-refractivity contribution >= 4 is 5.91 Å². The van der Waals surface area contributed by atoms with Crippen LogP contribution in [0.2, 0.25) is 0 Å². The van der Waals surface area contributed by atoms with Gasteiger partial charge in [0.15, 0.2) is 0 Å². The summed E-state index contributed by atoms with van der Waals surface area (Å²) in [4.78, 5) is 15.6. The van der Waals surface area contributed by atoms with Gasteiger partial charge < -0.3 is 14.9 Å². The second kappa shape index (κ2) is 6.71. The molecule has 0 aromatic carbocycles. The van der Waals surface area contributed by atoms with Crippen LogP contribution in [0.4, 0.5) is 0 Å². The van der Waals surface area contributed by atoms with Crippen LogP contribution in [0, 0.1) is 5.92 Å². The first-order chi connectivity index (χ1) is 9.06. The normalized spacial score (nSPS) is 30.1. The van der Waals surface area contributed by atoms with Crippen LogP contribution in [0.1, 0.15) is 45.4 Å². The van der Waals surface area contributed by atoms with E-state index in [9.17, 15) is 9.90 Å². The van der Waals surface area contributed by atoms with Crippen molar-refractivity contribution in [2.45, 2.75) is 57.6 Å². The van der Waals surface area contributed by atoms with Crippen LogP contribution in [0.3, 0.4) is 0 Å². The topological polar surface area (TPSA) is 43.8 Å². The van der Waals surface area contributed by atoms with Gasteiger partial charge >= 0.3 is 0 Å². The van der Waals surface area contributed by atoms with E-state index in [0.717, 1.165) is 18.9 Å². The zero-order chi connectivity index (χ0) is 13.8. The number of carbonyl (C=O) groups excluding carboxylic acids is 1. The van der Waals surface area contributed by atoms with E-state index in [2.05, 4.69) is 18.9 Å². The Hall–Kier alpha value is -0.610. The molecule has 0 spiro atoms. The smallest absolute Gasteiger partial charge is 0.222 e. The Labute approximate surface area is 116 Å². The first-order valence-corrected chi connectivity index (χ1v) is 7.72. The third-order valence-corrected chi connectivity index (χ3v) is 4.63. The number of likely N-dealkylation sites (N-methyl/N-ethyl adjacent to an activating group) is 1. The summed E-state index contributed by atoms with van der Waals surface area (Å²) in [6.07, 6.45) is 6.32. The Bertz CT molecular complexity index is 309. The van der Waals surface area contributed by atoms with Gasteiger partial charge in [0, 0.05) is 32.1 Å². The number of aliphatic hydroxyl groups is 1. The Morgan fingerprint density at radius 3 is 2.84 bits per heavy atom. The number of hydrogen-bond donors (Lipinski definition) is 1. The second-order valence-corrected chi connectivity index (χ2v) is 6.46. The standard InChI is InChI=1S/C15H28N2O2/c1-12-5-3-6-13(9-12)16(2)10-14(18)11-17-8-4-7-15(17)19/h12-14,18H,3-11H2,1-2H3. The fourth-order valence-electron chi connectivity index (χ4n) is 3.49. The molecule has 4 heteroatoms. The number of rotatable bonds is 5. The third kappa shape index (κ3) is 4.18. The van der Waals surface area contributed by atoms with Crippen LogP contribution in [-0.2, 0) is 4.79 Å². The Morgan fingerprint density at radius 1 is 1.42 bits per heavy atom. The Balaban J connectivity index is 1.74. The molecule has 0 bridgehead atoms. The van der Waals surface area contributed by atoms with Crippen molar-refractivity contribution < 1.29 is 9.90 Å². The summed E-state index contributed by atoms with van der Waals surface area (Å²) >= 11 is 0. The lowest BCUT2D eigenvalue weighted by Gasteiger charge is -2.35. The lowest BCUT2D eigenvalue weighted by molar-refractivity contribution is -0.129. The highest BCUT2D eigenvalue weighted by molar-refractivity contribution is 5.78. The van der Waals surface area contributed by atoms with Crippen molar-refractivity contribution in [3.63, 3.8) is 0 Å². The van der Waals surface area contributed by atoms with Crippen LogP contribution in [0.15, 0.2) is 0 Å². The predicted octanol–water partition coefficient (Wildman–Crippen LogP) is 1.48. The molecule has 3 atom stereocenters. The highest BCUT2D eigenvalue weighted by Gasteiger charge is 2.26. The molecular formula is C15H28N2O2. The average Bonchev–Trinajstić information content (AvgIpc) is 2.75. The predicted molar refractivity (Wildman–Crippen MR) is 75.9 cm³/mol. The molecule has 110 valence electrons. The van der Waals surface area contributed by atoms with Crippen LogP contribution >= 0.6 is 0 Å². The average molecular weight is 268 g/mol. The van der Waals surface area contributed by atoms with E-state index in [1.807, 2.05) is 4.90 Å². The van der Waals surface area contributed by atoms with Gasteiger partial charge in [0.05, 0.1) is 6.10 Å². The molecule has 2 rings (SSSR count). The van der Waals surface area contributed by atoms with Gasteiger partial charge in [-0.3, -0.25) is 4.79 Å². The fraction of sp³-hybridized carbons (Fsp3) is 0.933. The van der Waals surface area contributed by atoms with E-state index < -0.39 is 6.10 Å². The number of likely N-dealkylation sites (tertiary alicyclic amines) is 1. The van der Waals surface area contributed by atoms with Gasteiger partial charge in [-0.1, -0.05) is 19.8 Å². The minimum atomic E-state index is -0.413. The maximum atomic E-state index is 11.5. The quantitative estimate of drug-likeness (QED) is 0.821. The van der Waals surface area contributed by atoms with Gasteiger partial charge in [0.25, 0.3) is 0 Å². The molecule has 1 heterocycles. The van der Waals surface area contributed by atoms with Gasteiger partial charge in [0.2, 0.25) is 5.91 Å². The highest BCUT2D eigenvalue weighted by atomic mass is 16.3. The van der Waals surface area contributed by atoms with Crippen molar-refractivity contribution in [3.8, 4) is 0 Å². The van der Waals surface area contributed by atoms with Gasteiger partial charge in [-0.15, -0.1) is 0 Å². The summed E-state index contributed by atoms with van der Waals surface area (Å²) in [6.45, 7) is 4.33. The SMILES string of the molecule is CC1CCCC(N(C)CC(O)CN2CCCC2=O)C1. The zero-order valence-corrected chi connectivity index (χ0v) is 12.3. The number of carbonyl (C=O) groups is 1. The number of β-amino-alcohol motifs (C(OH)–C–C–N with tert-alkyl or cyclic N) is 1. The molecule has 1 N–H and O–H groups in total. The summed E-state index contributed by atoms with van der Waals surface area (Å²) in [7, 11) is 2.11. The van der Waals surface area contributed by atoms with Gasteiger partial charge in [-0.05, 0) is 32.2 Å². The van der Waals surface area contributed by atoms with Crippen LogP contribution in [0.25, 0.3) is 0 Å². The molecule has 3 unspecified atom stereocenters. The van der Waals surface area contributed by atoms with Crippen molar-refractivity contribution in [1.82, 2.24) is 9.80 Å². The van der Waals surface area contributed by atoms with Gasteiger partial charge in [-0.25, -0.2) is 0 Å². The summed E-state index contributed by atoms with van der Waals surface area (Å²) < 4.78 is 0. The maximum Gasteiger partial charge on any atom is 0.222 e. The van der Waals surface area contributed by atoms with E-state index >= 15 is 0 Å². The summed E-state index contributed by atoms with van der Waals surface area (Å²) in [5.74, 6) is 1.01. The zero-order valence-electron chi connectivity index (χ0n) is 12.3. The molecular weight excluding hydrogens is 240 g/mol. The van der Waals surface area contributed by atoms with Crippen molar-refractivity contribution in [3.05, 3.63) is 0 Å². The molecule has 1 amide bonds. The molecule has 0 aromatic rings. The minimum absolute atomic E-state index is 0.202. The Morgan fingerprint density at radius 2 is 2.21 bits per heavy atom. The minimum Gasteiger partial charge on any atom is -0.390 e. The molecule has 0 radical (unpaired) electrons. The maximum absolute atomic E-state index is 11.5. The molecule has 1 aliphatic carbocycles. The van der Waals surface area contributed by atoms with E-state index in [-0.39, 0.29) is 5.91 Å². The van der Waals surface area contributed by atoms with Crippen LogP contribution < -0.4 is 0 Å². The van der Waals surface area contributed by atoms with Gasteiger partial charge in [0.1, 0.15) is 0 Å². The number of nitrogens with zero attached hydrogens (tertiary/aromatic N) is 2. The van der Waals surface area contributed by atoms with E-state index in [0.29, 0.717) is 25.6 Å². The summed E-state index contributed by atoms with van der Waals surface area (Å²) in [5.41, 5.74) is 0. The van der Waals surface area contributed by atoms with Crippen LogP contribution in [-0.4, -0.2) is 59.6 Å². The van der Waals surface area contributed by atoms with E-state index in [1.54, 1.807) is 0 Å². The fourth-order valence-corrected chi connectivity index (χ4v) is 3.49. The first kappa shape index (κ1) is 14.8. The lowest BCUT2D eigenvalue weighted by atomic mass is 9.86. The number of aliphatic hydroxyl groups excluding tert-OH is 1. The van der Waals surface area contributed by atoms with E-state index in [1.165, 1.54) is 25.7 Å². The molecule has 2 aliphatic rings. The molecule has 1 saturated heterocycles. The third-order valence-electron chi connectivity index (χ3n) is 4.63.